The zero-order valence-electron chi connectivity index (χ0n) is 12.0. The van der Waals surface area contributed by atoms with E-state index >= 15 is 0 Å². The van der Waals surface area contributed by atoms with E-state index in [1.807, 2.05) is 36.8 Å². The lowest BCUT2D eigenvalue weighted by Crippen LogP contribution is -1.94. The third-order valence-electron chi connectivity index (χ3n) is 2.92. The number of aromatic nitrogens is 6. The van der Waals surface area contributed by atoms with Gasteiger partial charge in [0.15, 0.2) is 0 Å². The van der Waals surface area contributed by atoms with Gasteiger partial charge in [0.05, 0.1) is 23.8 Å². The largest absolute Gasteiger partial charge is 0.219 e. The maximum absolute atomic E-state index is 4.44. The van der Waals surface area contributed by atoms with Gasteiger partial charge in [-0.15, -0.1) is 10.2 Å². The van der Waals surface area contributed by atoms with Crippen LogP contribution in [0.2, 0.25) is 0 Å². The molecule has 0 amide bonds. The molecule has 0 aliphatic carbocycles. The fraction of sp³-hybridized carbons (Fsp3) is 0.143. The Hall–Kier alpha value is -2.06. The Labute approximate surface area is 136 Å². The highest BCUT2D eigenvalue weighted by molar-refractivity contribution is 7.98. The Bertz CT molecular complexity index is 712. The lowest BCUT2D eigenvalue weighted by Gasteiger charge is -2.04. The first-order chi connectivity index (χ1) is 10.8. The quantitative estimate of drug-likeness (QED) is 0.677. The number of hydrogen-bond acceptors (Lipinski definition) is 8. The molecule has 0 radical (unpaired) electrons. The molecule has 6 nitrogen and oxygen atoms in total. The number of rotatable bonds is 4. The van der Waals surface area contributed by atoms with E-state index < -0.39 is 0 Å². The second-order valence-corrected chi connectivity index (χ2v) is 5.78. The van der Waals surface area contributed by atoms with Gasteiger partial charge >= 0.3 is 0 Å². The summed E-state index contributed by atoms with van der Waals surface area (Å²) in [7, 11) is 0. The summed E-state index contributed by atoms with van der Waals surface area (Å²) in [4.78, 5) is 8.88. The highest BCUT2D eigenvalue weighted by atomic mass is 32.2. The van der Waals surface area contributed by atoms with E-state index in [-0.39, 0.29) is 0 Å². The van der Waals surface area contributed by atoms with Crippen molar-refractivity contribution in [1.29, 1.82) is 0 Å². The Morgan fingerprint density at radius 3 is 1.45 bits per heavy atom. The zero-order valence-corrected chi connectivity index (χ0v) is 13.6. The minimum absolute atomic E-state index is 0.659. The topological polar surface area (TPSA) is 77.3 Å². The molecule has 0 saturated heterocycles. The van der Waals surface area contributed by atoms with Gasteiger partial charge in [0.1, 0.15) is 0 Å². The van der Waals surface area contributed by atoms with Gasteiger partial charge in [0.25, 0.3) is 0 Å². The van der Waals surface area contributed by atoms with Gasteiger partial charge in [-0.05, 0) is 12.5 Å². The molecule has 8 heteroatoms. The van der Waals surface area contributed by atoms with E-state index in [2.05, 4.69) is 30.4 Å². The molecule has 110 valence electrons. The van der Waals surface area contributed by atoms with Gasteiger partial charge in [-0.2, -0.15) is 10.2 Å². The van der Waals surface area contributed by atoms with Crippen LogP contribution in [0.3, 0.4) is 0 Å². The molecule has 22 heavy (non-hydrogen) atoms. The number of thioether (sulfide) groups is 2. The van der Waals surface area contributed by atoms with Crippen molar-refractivity contribution >= 4 is 23.5 Å². The third kappa shape index (κ3) is 3.23. The zero-order chi connectivity index (χ0) is 15.4. The molecule has 2 heterocycles. The van der Waals surface area contributed by atoms with Crippen LogP contribution in [0.5, 0.6) is 0 Å². The lowest BCUT2D eigenvalue weighted by atomic mass is 10.1. The normalized spacial score (nSPS) is 10.6. The van der Waals surface area contributed by atoms with Crippen LogP contribution in [0.15, 0.2) is 47.0 Å². The van der Waals surface area contributed by atoms with Crippen molar-refractivity contribution in [3.8, 4) is 22.5 Å². The Morgan fingerprint density at radius 1 is 0.682 bits per heavy atom. The summed E-state index contributed by atoms with van der Waals surface area (Å²) in [5, 5.41) is 17.1. The van der Waals surface area contributed by atoms with Crippen LogP contribution in [-0.2, 0) is 0 Å². The Balaban J connectivity index is 1.91. The second-order valence-electron chi connectivity index (χ2n) is 4.23. The summed E-state index contributed by atoms with van der Waals surface area (Å²) in [6.07, 6.45) is 7.17. The second kappa shape index (κ2) is 6.80. The van der Waals surface area contributed by atoms with Crippen LogP contribution < -0.4 is 0 Å². The van der Waals surface area contributed by atoms with Gasteiger partial charge in [-0.1, -0.05) is 47.8 Å². The molecule has 0 unspecified atom stereocenters. The molecule has 0 N–H and O–H groups in total. The number of nitrogens with zero attached hydrogens (tertiary/aromatic N) is 6. The highest BCUT2D eigenvalue weighted by Crippen LogP contribution is 2.23. The number of hydrogen-bond donors (Lipinski definition) is 0. The van der Waals surface area contributed by atoms with Crippen LogP contribution >= 0.6 is 23.5 Å². The van der Waals surface area contributed by atoms with Crippen LogP contribution in [0, 0.1) is 0 Å². The molecule has 3 aromatic rings. The number of benzene rings is 1. The van der Waals surface area contributed by atoms with Gasteiger partial charge < -0.3 is 0 Å². The molecule has 3 rings (SSSR count). The summed E-state index contributed by atoms with van der Waals surface area (Å²) < 4.78 is 0. The standard InChI is InChI=1S/C14H12N6S2/c1-21-13-17-11(7-15-19-13)9-3-5-10(6-4-9)12-8-16-20-14(18-12)22-2/h3-8H,1-2H3. The Morgan fingerprint density at radius 2 is 1.09 bits per heavy atom. The first kappa shape index (κ1) is 14.9. The first-order valence-corrected chi connectivity index (χ1v) is 8.83. The molecule has 0 aliphatic rings. The predicted octanol–water partition coefficient (Wildman–Crippen LogP) is 2.83. The third-order valence-corrected chi connectivity index (χ3v) is 4.00. The van der Waals surface area contributed by atoms with Gasteiger partial charge in [-0.25, -0.2) is 9.97 Å². The van der Waals surface area contributed by atoms with Crippen molar-refractivity contribution in [2.45, 2.75) is 10.3 Å². The van der Waals surface area contributed by atoms with E-state index in [1.54, 1.807) is 12.4 Å². The first-order valence-electron chi connectivity index (χ1n) is 6.38. The minimum Gasteiger partial charge on any atom is -0.219 e. The van der Waals surface area contributed by atoms with Crippen molar-refractivity contribution in [3.63, 3.8) is 0 Å². The smallest absolute Gasteiger partial charge is 0.209 e. The molecule has 0 spiro atoms. The van der Waals surface area contributed by atoms with Gasteiger partial charge in [-0.3, -0.25) is 0 Å². The van der Waals surface area contributed by atoms with Crippen molar-refractivity contribution < 1.29 is 0 Å². The van der Waals surface area contributed by atoms with E-state index in [1.165, 1.54) is 23.5 Å². The average molecular weight is 328 g/mol. The highest BCUT2D eigenvalue weighted by Gasteiger charge is 2.06. The molecule has 0 fully saturated rings. The predicted molar refractivity (Wildman–Crippen MR) is 87.6 cm³/mol. The van der Waals surface area contributed by atoms with Gasteiger partial charge in [0.2, 0.25) is 10.3 Å². The maximum atomic E-state index is 4.44. The fourth-order valence-corrected chi connectivity index (χ4v) is 2.47. The lowest BCUT2D eigenvalue weighted by molar-refractivity contribution is 0.845. The summed E-state index contributed by atoms with van der Waals surface area (Å²) in [6, 6.07) is 7.96. The molecule has 0 atom stereocenters. The molecule has 0 bridgehead atoms. The van der Waals surface area contributed by atoms with Crippen LogP contribution in [-0.4, -0.2) is 42.9 Å². The monoisotopic (exact) mass is 328 g/mol. The molecular formula is C14H12N6S2. The summed E-state index contributed by atoms with van der Waals surface area (Å²) in [5.41, 5.74) is 3.58. The van der Waals surface area contributed by atoms with Gasteiger partial charge in [0, 0.05) is 11.1 Å². The summed E-state index contributed by atoms with van der Waals surface area (Å²) in [5.74, 6) is 0. The molecule has 1 aromatic carbocycles. The summed E-state index contributed by atoms with van der Waals surface area (Å²) >= 11 is 2.94. The van der Waals surface area contributed by atoms with Crippen molar-refractivity contribution in [2.75, 3.05) is 12.5 Å². The van der Waals surface area contributed by atoms with Crippen LogP contribution in [0.1, 0.15) is 0 Å². The Kier molecular flexibility index (Phi) is 4.59. The fourth-order valence-electron chi connectivity index (χ4n) is 1.84. The van der Waals surface area contributed by atoms with Crippen LogP contribution in [0.4, 0.5) is 0 Å². The average Bonchev–Trinajstić information content (AvgIpc) is 2.62. The van der Waals surface area contributed by atoms with E-state index in [4.69, 9.17) is 0 Å². The van der Waals surface area contributed by atoms with Crippen molar-refractivity contribution in [1.82, 2.24) is 30.4 Å². The summed E-state index contributed by atoms with van der Waals surface area (Å²) in [6.45, 7) is 0. The van der Waals surface area contributed by atoms with Crippen molar-refractivity contribution in [3.05, 3.63) is 36.7 Å². The SMILES string of the molecule is CSc1nncc(-c2ccc(-c3cnnc(SC)n3)cc2)n1. The maximum Gasteiger partial charge on any atom is 0.209 e. The van der Waals surface area contributed by atoms with E-state index in [9.17, 15) is 0 Å². The molecule has 2 aromatic heterocycles. The molecular weight excluding hydrogens is 316 g/mol. The minimum atomic E-state index is 0.659. The van der Waals surface area contributed by atoms with E-state index in [0.29, 0.717) is 10.3 Å². The van der Waals surface area contributed by atoms with Crippen molar-refractivity contribution in [2.24, 2.45) is 0 Å². The van der Waals surface area contributed by atoms with E-state index in [0.717, 1.165) is 22.5 Å². The molecule has 0 saturated carbocycles. The molecule has 0 aliphatic heterocycles. The van der Waals surface area contributed by atoms with Crippen LogP contribution in [0.25, 0.3) is 22.5 Å².